The standard InChI is InChI=1S/C41H36NO2PS.Os/c1-5-17-36-38-39(41(44)42(4)40(38)43)37(46-36)27-26-31(28-32-19-16-18-30(32)6-2)29(3)45(33-20-10-7-11-21-33,34-22-12-8-13-23-34)35-24-14-9-15-25-35;/h5-15,17,20-28H,16,18-19H2,1-2,4H3;/q+1;/b17-5+,27-26+,30-6?,31-29?,32-28?;. The van der Waals surface area contributed by atoms with Gasteiger partial charge in [-0.2, -0.15) is 0 Å². The molecule has 0 saturated heterocycles. The molecule has 2 aliphatic rings. The molecular formula is C41H36NO2OsPS+. The molecule has 3 nitrogen and oxygen atoms in total. The summed E-state index contributed by atoms with van der Waals surface area (Å²) in [6.45, 7) is 4.06. The first-order chi connectivity index (χ1) is 22.9. The molecule has 1 saturated carbocycles. The van der Waals surface area contributed by atoms with Crippen LogP contribution in [0.2, 0.25) is 0 Å². The summed E-state index contributed by atoms with van der Waals surface area (Å²) in [5, 5.41) is 4.90. The molecule has 0 spiro atoms. The molecule has 2 amide bonds. The van der Waals surface area contributed by atoms with Crippen molar-refractivity contribution in [3.8, 4) is 4.37 Å². The predicted octanol–water partition coefficient (Wildman–Crippen LogP) is 8.83. The van der Waals surface area contributed by atoms with E-state index < -0.39 is 7.26 Å². The average Bonchev–Trinajstić information content (AvgIpc) is 3.78. The van der Waals surface area contributed by atoms with Crippen LogP contribution < -0.4 is 15.9 Å². The van der Waals surface area contributed by atoms with Gasteiger partial charge >= 0.3 is 294 Å². The fourth-order valence-corrected chi connectivity index (χ4v) is 13.6. The number of rotatable bonds is 8. The summed E-state index contributed by atoms with van der Waals surface area (Å²) in [4.78, 5) is 29.3. The Kier molecular flexibility index (Phi) is 10.1. The van der Waals surface area contributed by atoms with Crippen LogP contribution in [0.4, 0.5) is 0 Å². The van der Waals surface area contributed by atoms with Crippen LogP contribution in [0.15, 0.2) is 137 Å². The molecule has 1 fully saturated rings. The van der Waals surface area contributed by atoms with E-state index in [0.29, 0.717) is 11.1 Å². The molecule has 0 N–H and O–H groups in total. The number of fused-ring (bicyclic) bond motifs is 1. The number of imide groups is 1. The quantitative estimate of drug-likeness (QED) is 0.101. The van der Waals surface area contributed by atoms with Crippen molar-refractivity contribution in [2.45, 2.75) is 33.1 Å². The Hall–Kier alpha value is -3.95. The second kappa shape index (κ2) is 14.4. The Morgan fingerprint density at radius 3 is 1.72 bits per heavy atom. The average molecular weight is 828 g/mol. The van der Waals surface area contributed by atoms with E-state index in [9.17, 15) is 9.59 Å². The summed E-state index contributed by atoms with van der Waals surface area (Å²) in [5.41, 5.74) is 4.79. The second-order valence-corrected chi connectivity index (χ2v) is 16.5. The topological polar surface area (TPSA) is 37.4 Å². The molecule has 1 aromatic heterocycles. The van der Waals surface area contributed by atoms with E-state index in [2.05, 4.69) is 121 Å². The monoisotopic (exact) mass is 829 g/mol. The van der Waals surface area contributed by atoms with E-state index in [1.165, 1.54) is 43.3 Å². The van der Waals surface area contributed by atoms with Gasteiger partial charge in [-0.1, -0.05) is 0 Å². The van der Waals surface area contributed by atoms with Crippen LogP contribution >= 0.6 is 18.6 Å². The van der Waals surface area contributed by atoms with Gasteiger partial charge in [0.15, 0.2) is 0 Å². The Morgan fingerprint density at radius 1 is 0.766 bits per heavy atom. The van der Waals surface area contributed by atoms with Crippen LogP contribution in [0, 0.1) is 4.37 Å². The maximum atomic E-state index is 13.4. The number of hydrogen-bond donors (Lipinski definition) is 0. The second-order valence-electron chi connectivity index (χ2n) is 11.5. The molecular weight excluding hydrogens is 792 g/mol. The molecule has 4 aromatic rings. The summed E-state index contributed by atoms with van der Waals surface area (Å²) in [7, 11) is -0.891. The van der Waals surface area contributed by atoms with Crippen molar-refractivity contribution < 1.29 is 27.5 Å². The number of carbonyl (C=O) groups is 2. The number of thiophene rings is 1. The van der Waals surface area contributed by atoms with Gasteiger partial charge in [-0.3, -0.25) is 0 Å². The first kappa shape index (κ1) is 33.0. The van der Waals surface area contributed by atoms with E-state index in [0.717, 1.165) is 39.9 Å². The number of hydrogen-bond acceptors (Lipinski definition) is 3. The van der Waals surface area contributed by atoms with Gasteiger partial charge in [-0.25, -0.2) is 0 Å². The van der Waals surface area contributed by atoms with Gasteiger partial charge in [-0.05, 0) is 0 Å². The zero-order valence-electron chi connectivity index (χ0n) is 26.7. The van der Waals surface area contributed by atoms with Crippen LogP contribution in [0.3, 0.4) is 0 Å². The fourth-order valence-electron chi connectivity index (χ4n) is 6.63. The summed E-state index contributed by atoms with van der Waals surface area (Å²) in [5.74, 6) is -0.489. The van der Waals surface area contributed by atoms with E-state index in [-0.39, 0.29) is 11.8 Å². The first-order valence-corrected chi connectivity index (χ1v) is 19.7. The number of nitrogens with zero attached hydrogens (tertiary/aromatic N) is 1. The third kappa shape index (κ3) is 6.00. The van der Waals surface area contributed by atoms with Crippen LogP contribution in [-0.4, -0.2) is 23.8 Å². The maximum absolute atomic E-state index is 13.4. The Bertz CT molecular complexity index is 1930. The minimum atomic E-state index is -2.46. The number of carbonyl (C=O) groups excluding carboxylic acids is 2. The minimum absolute atomic E-state index is 0.241. The van der Waals surface area contributed by atoms with Gasteiger partial charge in [0.25, 0.3) is 0 Å². The van der Waals surface area contributed by atoms with Gasteiger partial charge in [0.1, 0.15) is 0 Å². The van der Waals surface area contributed by atoms with E-state index in [1.807, 2.05) is 25.2 Å². The molecule has 1 aliphatic carbocycles. The molecule has 0 unspecified atom stereocenters. The van der Waals surface area contributed by atoms with Gasteiger partial charge in [0.05, 0.1) is 0 Å². The molecule has 1 aliphatic heterocycles. The zero-order chi connectivity index (χ0) is 33.0. The van der Waals surface area contributed by atoms with Gasteiger partial charge < -0.3 is 0 Å². The molecule has 47 heavy (non-hydrogen) atoms. The Labute approximate surface area is 292 Å². The molecule has 235 valence electrons. The third-order valence-electron chi connectivity index (χ3n) is 8.84. The van der Waals surface area contributed by atoms with Crippen LogP contribution in [0.5, 0.6) is 0 Å². The Balaban J connectivity index is 1.70. The van der Waals surface area contributed by atoms with Crippen molar-refractivity contribution in [2.75, 3.05) is 7.05 Å². The van der Waals surface area contributed by atoms with Crippen molar-refractivity contribution in [1.29, 1.82) is 0 Å². The van der Waals surface area contributed by atoms with Crippen molar-refractivity contribution in [3.63, 3.8) is 0 Å². The van der Waals surface area contributed by atoms with E-state index in [4.69, 9.17) is 0 Å². The van der Waals surface area contributed by atoms with Crippen LogP contribution in [0.1, 0.15) is 63.6 Å². The molecule has 3 aromatic carbocycles. The van der Waals surface area contributed by atoms with Gasteiger partial charge in [-0.15, -0.1) is 0 Å². The molecule has 6 rings (SSSR count). The summed E-state index contributed by atoms with van der Waals surface area (Å²) >= 11 is 3.26. The fraction of sp³-hybridized carbons (Fsp3) is 0.146. The number of benzene rings is 3. The summed E-state index contributed by atoms with van der Waals surface area (Å²) in [6.07, 6.45) is 15.9. The molecule has 2 heterocycles. The van der Waals surface area contributed by atoms with Crippen molar-refractivity contribution >= 4 is 58.5 Å². The van der Waals surface area contributed by atoms with Crippen LogP contribution in [-0.2, 0) is 17.9 Å². The van der Waals surface area contributed by atoms with Gasteiger partial charge in [0.2, 0.25) is 0 Å². The van der Waals surface area contributed by atoms with Crippen LogP contribution in [0.25, 0.3) is 12.2 Å². The molecule has 0 atom stereocenters. The van der Waals surface area contributed by atoms with E-state index in [1.54, 1.807) is 25.0 Å². The summed E-state index contributed by atoms with van der Waals surface area (Å²) < 4.78 is 3.79. The van der Waals surface area contributed by atoms with E-state index >= 15 is 0 Å². The normalized spacial score (nSPS) is 17.3. The van der Waals surface area contributed by atoms with Crippen molar-refractivity contribution in [3.05, 3.63) is 158 Å². The molecule has 0 bridgehead atoms. The van der Waals surface area contributed by atoms with Crippen molar-refractivity contribution in [2.24, 2.45) is 0 Å². The third-order valence-corrected chi connectivity index (χ3v) is 15.4. The molecule has 6 heteroatoms. The number of allylic oxidation sites excluding steroid dienone is 8. The predicted molar refractivity (Wildman–Crippen MR) is 196 cm³/mol. The SMILES string of the molecule is CC=C1CCCC1=CC(/C=C/c1sc(/C=C/C)c2c1C(=O)N(C)C2=O)=C([C]#[Os])[P+](c1ccccc1)(c1ccccc1)c1ccccc1. The zero-order valence-corrected chi connectivity index (χ0v) is 31.0. The van der Waals surface area contributed by atoms with Crippen molar-refractivity contribution in [1.82, 2.24) is 4.90 Å². The summed E-state index contributed by atoms with van der Waals surface area (Å²) in [6, 6.07) is 32.5. The van der Waals surface area contributed by atoms with Gasteiger partial charge in [0, 0.05) is 0 Å². The Morgan fingerprint density at radius 2 is 1.26 bits per heavy atom. The number of amides is 2. The first-order valence-electron chi connectivity index (χ1n) is 15.8. The molecule has 0 radical (unpaired) electrons.